The van der Waals surface area contributed by atoms with Crippen LogP contribution in [0.25, 0.3) is 0 Å². The number of nitrogens with zero attached hydrogens (tertiary/aromatic N) is 6. The number of anilines is 1. The number of oxime groups is 1. The first-order valence-electron chi connectivity index (χ1n) is 11.5. The van der Waals surface area contributed by atoms with Crippen molar-refractivity contribution in [3.63, 3.8) is 0 Å². The number of carbonyl (C=O) groups excluding carboxylic acids is 2. The van der Waals surface area contributed by atoms with Crippen LogP contribution >= 0.6 is 11.3 Å². The molecule has 1 fully saturated rings. The van der Waals surface area contributed by atoms with Crippen molar-refractivity contribution in [3.05, 3.63) is 53.6 Å². The van der Waals surface area contributed by atoms with E-state index in [0.717, 1.165) is 17.7 Å². The molecule has 3 atom stereocenters. The Labute approximate surface area is 240 Å². The van der Waals surface area contributed by atoms with Crippen molar-refractivity contribution in [1.82, 2.24) is 29.4 Å². The number of nitrogens with one attached hydrogen (secondary N) is 2. The molecule has 3 aromatic rings. The Hall–Kier alpha value is -5.15. The van der Waals surface area contributed by atoms with Gasteiger partial charge in [0.2, 0.25) is 0 Å². The van der Waals surface area contributed by atoms with Crippen LogP contribution in [0.1, 0.15) is 11.3 Å². The Morgan fingerprint density at radius 1 is 1.29 bits per heavy atom. The molecule has 1 saturated heterocycles. The average molecular weight is 623 g/mol. The smallest absolute Gasteiger partial charge is 0.362 e. The molecule has 42 heavy (non-hydrogen) atoms. The number of carboxylic acids is 1. The second-order valence-electron chi connectivity index (χ2n) is 8.44. The number of β-lactam (4-membered cyclic amide) rings is 1. The van der Waals surface area contributed by atoms with Gasteiger partial charge in [-0.1, -0.05) is 5.16 Å². The van der Waals surface area contributed by atoms with Crippen LogP contribution in [0.15, 0.2) is 47.5 Å². The summed E-state index contributed by atoms with van der Waals surface area (Å²) in [5, 5.41) is 28.1. The summed E-state index contributed by atoms with van der Waals surface area (Å²) in [5.41, 5.74) is 10.8. The molecule has 4 rings (SSSR count). The minimum atomic E-state index is -4.98. The molecule has 0 saturated carbocycles. The fourth-order valence-electron chi connectivity index (χ4n) is 3.64. The molecule has 1 aliphatic heterocycles. The minimum absolute atomic E-state index is 0.0268. The van der Waals surface area contributed by atoms with Crippen LogP contribution in [-0.4, -0.2) is 96.3 Å². The molecule has 19 nitrogen and oxygen atoms in total. The number of ether oxygens (including phenoxy) is 1. The van der Waals surface area contributed by atoms with Gasteiger partial charge in [-0.3, -0.25) is 24.2 Å². The summed E-state index contributed by atoms with van der Waals surface area (Å²) in [6.07, 6.45) is 0.662. The lowest BCUT2D eigenvalue weighted by molar-refractivity contribution is -0.152. The number of aliphatic carboxylic acids is 1. The second kappa shape index (κ2) is 12.2. The minimum Gasteiger partial charge on any atom is -0.489 e. The molecular formula is C21H22N10O9S2. The van der Waals surface area contributed by atoms with Crippen LogP contribution < -0.4 is 21.5 Å². The maximum atomic E-state index is 13.2. The number of aromatic nitrogens is 4. The lowest BCUT2D eigenvalue weighted by atomic mass is 9.98. The van der Waals surface area contributed by atoms with E-state index in [-0.39, 0.29) is 33.3 Å². The lowest BCUT2D eigenvalue weighted by Gasteiger charge is -2.43. The molecule has 1 unspecified atom stereocenters. The van der Waals surface area contributed by atoms with E-state index >= 15 is 0 Å². The lowest BCUT2D eigenvalue weighted by Crippen LogP contribution is -2.73. The zero-order chi connectivity index (χ0) is 30.6. The fraction of sp³-hybridized carbons (Fsp3) is 0.238. The Morgan fingerprint density at radius 2 is 2.00 bits per heavy atom. The van der Waals surface area contributed by atoms with Crippen LogP contribution in [0, 0.1) is 5.41 Å². The van der Waals surface area contributed by atoms with Crippen molar-refractivity contribution in [2.45, 2.75) is 24.7 Å². The summed E-state index contributed by atoms with van der Waals surface area (Å²) in [4.78, 5) is 50.4. The van der Waals surface area contributed by atoms with Gasteiger partial charge in [-0.2, -0.15) is 13.5 Å². The standard InChI is InChI=1S/C21H22N10O9S2/c22-17(23)10-1-3-11(4-2-10)39-6-14(20(34)35)40-29-15(12-7-41-21(24)27-12)18(32)28-16-13(5-30-9-25-8-26-30)31(19(16)33)42(36,37)38/h1-4,7-9,13-14,16H,5-6H2,(H3,22,23)(H2,24,27)(H,28,32)(H,34,35)(H,36,37,38)/b29-15-/t13-,14?,16+/m1/s1. The van der Waals surface area contributed by atoms with Crippen molar-refractivity contribution >= 4 is 56.1 Å². The summed E-state index contributed by atoms with van der Waals surface area (Å²) in [6.45, 7) is -0.828. The van der Waals surface area contributed by atoms with E-state index in [1.807, 2.05) is 0 Å². The van der Waals surface area contributed by atoms with Crippen molar-refractivity contribution in [2.24, 2.45) is 10.9 Å². The van der Waals surface area contributed by atoms with Crippen molar-refractivity contribution < 1.29 is 42.0 Å². The number of carboxylic acid groups (broad SMARTS) is 1. The number of amides is 2. The molecular weight excluding hydrogens is 600 g/mol. The van der Waals surface area contributed by atoms with Crippen molar-refractivity contribution in [3.8, 4) is 5.75 Å². The summed E-state index contributed by atoms with van der Waals surface area (Å²) >= 11 is 0.927. The highest BCUT2D eigenvalue weighted by Gasteiger charge is 2.54. The Kier molecular flexibility index (Phi) is 8.63. The number of hydrogen-bond acceptors (Lipinski definition) is 14. The maximum absolute atomic E-state index is 13.2. The van der Waals surface area contributed by atoms with Crippen LogP contribution in [-0.2, 0) is 36.1 Å². The summed E-state index contributed by atoms with van der Waals surface area (Å²) < 4.78 is 39.8. The largest absolute Gasteiger partial charge is 0.489 e. The van der Waals surface area contributed by atoms with Crippen molar-refractivity contribution in [2.75, 3.05) is 12.3 Å². The number of carbonyl (C=O) groups is 3. The number of hydrogen-bond donors (Lipinski definition) is 6. The van der Waals surface area contributed by atoms with Gasteiger partial charge in [0, 0.05) is 10.9 Å². The first kappa shape index (κ1) is 29.8. The Morgan fingerprint density at radius 3 is 2.55 bits per heavy atom. The first-order chi connectivity index (χ1) is 19.8. The highest BCUT2D eigenvalue weighted by atomic mass is 32.2. The number of nitrogens with two attached hydrogens (primary N) is 2. The maximum Gasteiger partial charge on any atom is 0.362 e. The SMILES string of the molecule is N=C(N)c1ccc(OCC(O/N=C(\C(=O)N[C@@H]2C(=O)N(S(=O)(=O)O)[C@@H]2Cn2cncn2)c2csc(N)n2)C(=O)O)cc1. The molecule has 8 N–H and O–H groups in total. The third-order valence-corrected chi connectivity index (χ3v) is 7.26. The van der Waals surface area contributed by atoms with E-state index in [1.165, 1.54) is 40.7 Å². The van der Waals surface area contributed by atoms with Gasteiger partial charge in [0.1, 0.15) is 42.6 Å². The quantitative estimate of drug-likeness (QED) is 0.0397. The van der Waals surface area contributed by atoms with Gasteiger partial charge >= 0.3 is 16.3 Å². The van der Waals surface area contributed by atoms with E-state index in [1.54, 1.807) is 0 Å². The van der Waals surface area contributed by atoms with Gasteiger partial charge < -0.3 is 31.5 Å². The first-order valence-corrected chi connectivity index (χ1v) is 13.8. The van der Waals surface area contributed by atoms with Gasteiger partial charge in [0.25, 0.3) is 17.9 Å². The van der Waals surface area contributed by atoms with Crippen LogP contribution in [0.4, 0.5) is 5.13 Å². The Bertz CT molecular complexity index is 1620. The molecule has 2 aromatic heterocycles. The zero-order valence-corrected chi connectivity index (χ0v) is 22.7. The van der Waals surface area contributed by atoms with Gasteiger partial charge in [-0.25, -0.2) is 19.1 Å². The monoisotopic (exact) mass is 622 g/mol. The summed E-state index contributed by atoms with van der Waals surface area (Å²) in [5.74, 6) is -3.68. The van der Waals surface area contributed by atoms with Crippen LogP contribution in [0.2, 0.25) is 0 Å². The number of amidine groups is 1. The van der Waals surface area contributed by atoms with E-state index in [4.69, 9.17) is 26.5 Å². The molecule has 1 aromatic carbocycles. The normalized spacial score (nSPS) is 17.7. The number of thiazole rings is 1. The molecule has 2 amide bonds. The van der Waals surface area contributed by atoms with E-state index in [9.17, 15) is 32.5 Å². The van der Waals surface area contributed by atoms with Gasteiger partial charge in [0.15, 0.2) is 10.8 Å². The topological polar surface area (TPSA) is 291 Å². The Balaban J connectivity index is 1.52. The number of benzene rings is 1. The molecule has 0 spiro atoms. The summed E-state index contributed by atoms with van der Waals surface area (Å²) in [7, 11) is -4.98. The zero-order valence-electron chi connectivity index (χ0n) is 21.1. The third-order valence-electron chi connectivity index (χ3n) is 5.64. The van der Waals surface area contributed by atoms with Gasteiger partial charge in [-0.05, 0) is 24.3 Å². The average Bonchev–Trinajstić information content (AvgIpc) is 3.60. The fourth-order valence-corrected chi connectivity index (χ4v) is 5.05. The van der Waals surface area contributed by atoms with Crippen molar-refractivity contribution in [1.29, 1.82) is 5.41 Å². The van der Waals surface area contributed by atoms with E-state index in [0.29, 0.717) is 5.56 Å². The molecule has 0 aliphatic carbocycles. The van der Waals surface area contributed by atoms with Crippen LogP contribution in [0.3, 0.4) is 0 Å². The van der Waals surface area contributed by atoms with Gasteiger partial charge in [-0.15, -0.1) is 11.3 Å². The summed E-state index contributed by atoms with van der Waals surface area (Å²) in [6, 6.07) is 3.12. The van der Waals surface area contributed by atoms with E-state index in [2.05, 4.69) is 25.5 Å². The third kappa shape index (κ3) is 6.76. The number of nitrogen functional groups attached to an aromatic ring is 2. The second-order valence-corrected chi connectivity index (χ2v) is 10.6. The van der Waals surface area contributed by atoms with Gasteiger partial charge in [0.05, 0.1) is 12.6 Å². The predicted molar refractivity (Wildman–Crippen MR) is 143 cm³/mol. The van der Waals surface area contributed by atoms with E-state index < -0.39 is 58.6 Å². The molecule has 0 bridgehead atoms. The molecule has 21 heteroatoms. The molecule has 222 valence electrons. The molecule has 3 heterocycles. The predicted octanol–water partition coefficient (Wildman–Crippen LogP) is -1.95. The molecule has 0 radical (unpaired) electrons. The number of rotatable bonds is 13. The highest BCUT2D eigenvalue weighted by molar-refractivity contribution is 7.84. The molecule has 1 aliphatic rings. The van der Waals surface area contributed by atoms with Crippen LogP contribution in [0.5, 0.6) is 5.75 Å². The highest BCUT2D eigenvalue weighted by Crippen LogP contribution is 2.25.